The fourth-order valence-corrected chi connectivity index (χ4v) is 1.64. The Bertz CT molecular complexity index is 406. The zero-order valence-corrected chi connectivity index (χ0v) is 10.6. The molecule has 1 aromatic rings. The molecule has 0 spiro atoms. The van der Waals surface area contributed by atoms with Crippen LogP contribution < -0.4 is 4.72 Å². The molecule has 96 valence electrons. The van der Waals surface area contributed by atoms with E-state index in [2.05, 4.69) is 4.72 Å². The van der Waals surface area contributed by atoms with Crippen LogP contribution in [-0.4, -0.2) is 8.96 Å². The highest BCUT2D eigenvalue weighted by Crippen LogP contribution is 2.30. The molecular weight excluding hydrogens is 251 g/mol. The van der Waals surface area contributed by atoms with E-state index in [1.165, 1.54) is 12.1 Å². The summed E-state index contributed by atoms with van der Waals surface area (Å²) in [5.74, 6) is 0. The van der Waals surface area contributed by atoms with Crippen LogP contribution in [0.15, 0.2) is 24.3 Å². The van der Waals surface area contributed by atoms with Crippen LogP contribution in [0.5, 0.6) is 0 Å². The second kappa shape index (κ2) is 4.68. The van der Waals surface area contributed by atoms with Crippen molar-refractivity contribution in [2.75, 3.05) is 4.72 Å². The first-order valence-corrected chi connectivity index (χ1v) is 6.11. The van der Waals surface area contributed by atoms with E-state index in [4.69, 9.17) is 0 Å². The molecule has 1 unspecified atom stereocenters. The zero-order chi connectivity index (χ0) is 13.3. The smallest absolute Gasteiger partial charge is 0.305 e. The van der Waals surface area contributed by atoms with E-state index in [0.717, 1.165) is 12.1 Å². The third kappa shape index (κ3) is 4.03. The normalized spacial score (nSPS) is 14.5. The number of hydrogen-bond donors (Lipinski definition) is 1. The van der Waals surface area contributed by atoms with E-state index >= 15 is 0 Å². The first-order chi connectivity index (χ1) is 7.60. The Morgan fingerprint density at radius 1 is 1.06 bits per heavy atom. The van der Waals surface area contributed by atoms with Crippen molar-refractivity contribution in [2.24, 2.45) is 0 Å². The predicted molar refractivity (Wildman–Crippen MR) is 63.0 cm³/mol. The first-order valence-electron chi connectivity index (χ1n) is 4.96. The maximum absolute atomic E-state index is 12.3. The Kier molecular flexibility index (Phi) is 3.86. The number of hydrogen-bond acceptors (Lipinski definition) is 1. The third-order valence-corrected chi connectivity index (χ3v) is 3.51. The average molecular weight is 265 g/mol. The molecule has 0 aliphatic heterocycles. The van der Waals surface area contributed by atoms with Crippen molar-refractivity contribution in [1.82, 2.24) is 0 Å². The Labute approximate surface area is 101 Å². The molecule has 0 aromatic heterocycles. The Morgan fingerprint density at radius 2 is 1.53 bits per heavy atom. The van der Waals surface area contributed by atoms with Gasteiger partial charge in [-0.25, -0.2) is 4.21 Å². The standard InChI is InChI=1S/C11H14F3NOS/c1-10(2,3)17(16)15-9-6-4-8(5-7-9)11(12,13)14/h4-7,15H,1-3H3. The fraction of sp³-hybridized carbons (Fsp3) is 0.455. The number of halogens is 3. The van der Waals surface area contributed by atoms with Crippen molar-refractivity contribution in [3.63, 3.8) is 0 Å². The lowest BCUT2D eigenvalue weighted by Crippen LogP contribution is -2.27. The zero-order valence-electron chi connectivity index (χ0n) is 9.76. The molecule has 2 nitrogen and oxygen atoms in total. The highest BCUT2D eigenvalue weighted by atomic mass is 32.2. The summed E-state index contributed by atoms with van der Waals surface area (Å²) in [4.78, 5) is 0. The molecular formula is C11H14F3NOS. The fourth-order valence-electron chi connectivity index (χ4n) is 0.987. The van der Waals surface area contributed by atoms with Crippen molar-refractivity contribution in [2.45, 2.75) is 31.7 Å². The second-order valence-corrected chi connectivity index (χ2v) is 6.52. The second-order valence-electron chi connectivity index (χ2n) is 4.56. The molecule has 0 aliphatic rings. The molecule has 0 amide bonds. The van der Waals surface area contributed by atoms with Crippen LogP contribution in [0.4, 0.5) is 18.9 Å². The number of rotatable bonds is 2. The van der Waals surface area contributed by atoms with Crippen molar-refractivity contribution < 1.29 is 17.4 Å². The molecule has 1 atom stereocenters. The van der Waals surface area contributed by atoms with Crippen LogP contribution in [0.1, 0.15) is 26.3 Å². The lowest BCUT2D eigenvalue weighted by atomic mass is 10.2. The molecule has 17 heavy (non-hydrogen) atoms. The van der Waals surface area contributed by atoms with Crippen molar-refractivity contribution in [1.29, 1.82) is 0 Å². The molecule has 1 N–H and O–H groups in total. The van der Waals surface area contributed by atoms with Gasteiger partial charge in [0.25, 0.3) is 0 Å². The molecule has 0 radical (unpaired) electrons. The van der Waals surface area contributed by atoms with Gasteiger partial charge >= 0.3 is 6.18 Å². The number of anilines is 1. The minimum absolute atomic E-state index is 0.409. The SMILES string of the molecule is CC(C)(C)S(=O)Nc1ccc(C(F)(F)F)cc1. The van der Waals surface area contributed by atoms with Gasteiger partial charge in [0, 0.05) is 5.69 Å². The maximum atomic E-state index is 12.3. The van der Waals surface area contributed by atoms with Gasteiger partial charge < -0.3 is 4.72 Å². The lowest BCUT2D eigenvalue weighted by molar-refractivity contribution is -0.137. The summed E-state index contributed by atoms with van der Waals surface area (Å²) in [5, 5.41) is 0. The van der Waals surface area contributed by atoms with E-state index in [-0.39, 0.29) is 0 Å². The van der Waals surface area contributed by atoms with Crippen LogP contribution in [0, 0.1) is 0 Å². The maximum Gasteiger partial charge on any atom is 0.416 e. The van der Waals surface area contributed by atoms with Crippen LogP contribution in [0.2, 0.25) is 0 Å². The molecule has 1 aromatic carbocycles. The molecule has 0 saturated carbocycles. The summed E-state index contributed by atoms with van der Waals surface area (Å²) in [7, 11) is -1.35. The van der Waals surface area contributed by atoms with Crippen LogP contribution in [-0.2, 0) is 17.2 Å². The van der Waals surface area contributed by atoms with Gasteiger partial charge in [-0.1, -0.05) is 0 Å². The summed E-state index contributed by atoms with van der Waals surface area (Å²) in [6.07, 6.45) is -4.35. The van der Waals surface area contributed by atoms with E-state index in [1.54, 1.807) is 20.8 Å². The largest absolute Gasteiger partial charge is 0.416 e. The monoisotopic (exact) mass is 265 g/mol. The van der Waals surface area contributed by atoms with Gasteiger partial charge in [-0.3, -0.25) is 0 Å². The van der Waals surface area contributed by atoms with Gasteiger partial charge in [0.05, 0.1) is 10.3 Å². The van der Waals surface area contributed by atoms with Crippen molar-refractivity contribution in [3.8, 4) is 0 Å². The molecule has 6 heteroatoms. The van der Waals surface area contributed by atoms with Gasteiger partial charge in [0.2, 0.25) is 0 Å². The van der Waals surface area contributed by atoms with Crippen LogP contribution in [0.3, 0.4) is 0 Å². The van der Waals surface area contributed by atoms with Crippen LogP contribution in [0.25, 0.3) is 0 Å². The summed E-state index contributed by atoms with van der Waals surface area (Å²) >= 11 is 0. The van der Waals surface area contributed by atoms with Gasteiger partial charge in [-0.15, -0.1) is 0 Å². The number of benzene rings is 1. The summed E-state index contributed by atoms with van der Waals surface area (Å²) in [5.41, 5.74) is -0.309. The number of alkyl halides is 3. The molecule has 1 rings (SSSR count). The topological polar surface area (TPSA) is 29.1 Å². The lowest BCUT2D eigenvalue weighted by Gasteiger charge is -2.19. The van der Waals surface area contributed by atoms with Crippen LogP contribution >= 0.6 is 0 Å². The summed E-state index contributed by atoms with van der Waals surface area (Å²) in [6, 6.07) is 4.46. The van der Waals surface area contributed by atoms with Gasteiger partial charge in [0.15, 0.2) is 0 Å². The molecule has 0 heterocycles. The minimum atomic E-state index is -4.35. The Hall–Kier alpha value is -1.04. The van der Waals surface area contributed by atoms with E-state index in [0.29, 0.717) is 5.69 Å². The molecule has 0 saturated heterocycles. The Morgan fingerprint density at radius 3 is 1.88 bits per heavy atom. The van der Waals surface area contributed by atoms with Gasteiger partial charge in [-0.05, 0) is 45.0 Å². The van der Waals surface area contributed by atoms with Crippen molar-refractivity contribution in [3.05, 3.63) is 29.8 Å². The van der Waals surface area contributed by atoms with E-state index in [1.807, 2.05) is 0 Å². The average Bonchev–Trinajstić information content (AvgIpc) is 2.15. The van der Waals surface area contributed by atoms with E-state index < -0.39 is 27.5 Å². The third-order valence-electron chi connectivity index (χ3n) is 1.98. The van der Waals surface area contributed by atoms with Crippen molar-refractivity contribution >= 4 is 16.7 Å². The predicted octanol–water partition coefficient (Wildman–Crippen LogP) is 3.58. The quantitative estimate of drug-likeness (QED) is 0.870. The molecule has 0 aliphatic carbocycles. The molecule has 0 bridgehead atoms. The van der Waals surface area contributed by atoms with Gasteiger partial charge in [0.1, 0.15) is 11.0 Å². The highest BCUT2D eigenvalue weighted by molar-refractivity contribution is 7.87. The molecule has 0 fully saturated rings. The number of nitrogens with one attached hydrogen (secondary N) is 1. The van der Waals surface area contributed by atoms with E-state index in [9.17, 15) is 17.4 Å². The first kappa shape index (κ1) is 14.0. The Balaban J connectivity index is 2.80. The highest BCUT2D eigenvalue weighted by Gasteiger charge is 2.30. The van der Waals surface area contributed by atoms with Gasteiger partial charge in [-0.2, -0.15) is 13.2 Å². The summed E-state index contributed by atoms with van der Waals surface area (Å²) < 4.78 is 50.8. The summed E-state index contributed by atoms with van der Waals surface area (Å²) in [6.45, 7) is 5.33. The minimum Gasteiger partial charge on any atom is -0.305 e.